The molecule has 12 heavy (non-hydrogen) atoms. The molecular formula is C2H5F4MgO4P. The topological polar surface area (TPSA) is 55.8 Å². The van der Waals surface area contributed by atoms with E-state index in [1.807, 2.05) is 0 Å². The predicted molar refractivity (Wildman–Crippen MR) is 32.6 cm³/mol. The summed E-state index contributed by atoms with van der Waals surface area (Å²) in [4.78, 5) is 7.92. The molecule has 0 radical (unpaired) electrons. The van der Waals surface area contributed by atoms with Crippen LogP contribution in [-0.4, -0.2) is 40.7 Å². The van der Waals surface area contributed by atoms with Gasteiger partial charge in [-0.15, -0.1) is 0 Å². The summed E-state index contributed by atoms with van der Waals surface area (Å²) in [6.45, 7) is -2.04. The van der Waals surface area contributed by atoms with Gasteiger partial charge in [0.2, 0.25) is 0 Å². The van der Waals surface area contributed by atoms with Gasteiger partial charge in [-0.05, 0) is 4.53 Å². The van der Waals surface area contributed by atoms with E-state index in [-0.39, 0.29) is 23.1 Å². The maximum absolute atomic E-state index is 11.2. The highest BCUT2D eigenvalue weighted by molar-refractivity contribution is 7.47. The number of hydrogen-bond donors (Lipinski definition) is 1. The van der Waals surface area contributed by atoms with Crippen LogP contribution < -0.4 is 0 Å². The normalized spacial score (nSPS) is 16.4. The summed E-state index contributed by atoms with van der Waals surface area (Å²) in [7, 11) is -5.16. The van der Waals surface area contributed by atoms with Crippen molar-refractivity contribution in [2.45, 2.75) is 6.18 Å². The van der Waals surface area contributed by atoms with Gasteiger partial charge < -0.3 is 4.89 Å². The molecule has 0 rings (SSSR count). The lowest BCUT2D eigenvalue weighted by Gasteiger charge is -2.08. The molecule has 1 N–H and O–H groups in total. The van der Waals surface area contributed by atoms with Gasteiger partial charge in [0.25, 0.3) is 0 Å². The van der Waals surface area contributed by atoms with Gasteiger partial charge in [-0.2, -0.15) is 13.2 Å². The highest BCUT2D eigenvalue weighted by Crippen LogP contribution is 2.44. The molecule has 0 bridgehead atoms. The summed E-state index contributed by atoms with van der Waals surface area (Å²) in [5.74, 6) is 0. The molecule has 0 aromatic heterocycles. The van der Waals surface area contributed by atoms with E-state index in [2.05, 4.69) is 9.25 Å². The fourth-order valence-corrected chi connectivity index (χ4v) is 0.524. The van der Waals surface area contributed by atoms with Gasteiger partial charge in [0.15, 0.2) is 6.61 Å². The molecule has 4 nitrogen and oxygen atoms in total. The summed E-state index contributed by atoms with van der Waals surface area (Å²) >= 11 is 0. The van der Waals surface area contributed by atoms with Gasteiger partial charge >= 0.3 is 37.1 Å². The van der Waals surface area contributed by atoms with Gasteiger partial charge in [-0.1, -0.05) is 4.73 Å². The first-order chi connectivity index (χ1) is 4.77. The summed E-state index contributed by atoms with van der Waals surface area (Å²) in [6.07, 6.45) is -4.79. The zero-order valence-electron chi connectivity index (χ0n) is 4.84. The smallest absolute Gasteiger partial charge is 0.301 e. The molecule has 0 spiro atoms. The average molecular weight is 224 g/mol. The van der Waals surface area contributed by atoms with E-state index in [9.17, 15) is 22.3 Å². The first-order valence-electron chi connectivity index (χ1n) is 2.11. The second kappa shape index (κ2) is 5.35. The molecule has 0 fully saturated rings. The van der Waals surface area contributed by atoms with E-state index in [0.717, 1.165) is 0 Å². The van der Waals surface area contributed by atoms with Crippen molar-refractivity contribution in [3.05, 3.63) is 0 Å². The first kappa shape index (κ1) is 15.1. The third kappa shape index (κ3) is 8.69. The van der Waals surface area contributed by atoms with Crippen molar-refractivity contribution in [3.8, 4) is 0 Å². The predicted octanol–water partition coefficient (Wildman–Crippen LogP) is 0.651. The molecule has 0 amide bonds. The molecule has 0 aliphatic rings. The minimum Gasteiger partial charge on any atom is -0.301 e. The van der Waals surface area contributed by atoms with Crippen molar-refractivity contribution < 1.29 is 36.4 Å². The molecule has 0 aromatic rings. The monoisotopic (exact) mass is 224 g/mol. The Morgan fingerprint density at radius 3 is 2.08 bits per heavy atom. The maximum atomic E-state index is 11.2. The number of halogens is 4. The Labute approximate surface area is 80.5 Å². The number of phosphoric ester groups is 1. The van der Waals surface area contributed by atoms with Crippen LogP contribution in [0.3, 0.4) is 0 Å². The van der Waals surface area contributed by atoms with Crippen LogP contribution in [0, 0.1) is 0 Å². The van der Waals surface area contributed by atoms with E-state index < -0.39 is 20.6 Å². The van der Waals surface area contributed by atoms with Crippen molar-refractivity contribution >= 4 is 30.9 Å². The third-order valence-corrected chi connectivity index (χ3v) is 1.11. The summed E-state index contributed by atoms with van der Waals surface area (Å²) in [5.41, 5.74) is 0. The number of rotatable bonds is 3. The highest BCUT2D eigenvalue weighted by Gasteiger charge is 2.34. The van der Waals surface area contributed by atoms with E-state index in [1.54, 1.807) is 0 Å². The van der Waals surface area contributed by atoms with Gasteiger partial charge in [-0.3, -0.25) is 4.52 Å². The standard InChI is InChI=1S/C2H3F4O4P.Mg.2H/c3-2(4,5)1-9-11(7,8)10-6;;;/h1H2,(H,7,8);;;. The van der Waals surface area contributed by atoms with Gasteiger partial charge in [-0.25, -0.2) is 4.57 Å². The lowest BCUT2D eigenvalue weighted by atomic mass is 10.7. The van der Waals surface area contributed by atoms with E-state index in [4.69, 9.17) is 4.89 Å². The molecule has 0 aliphatic carbocycles. The van der Waals surface area contributed by atoms with Crippen molar-refractivity contribution in [1.29, 1.82) is 0 Å². The van der Waals surface area contributed by atoms with Crippen LogP contribution in [0.2, 0.25) is 0 Å². The summed E-state index contributed by atoms with van der Waals surface area (Å²) in [5, 5.41) is 0. The summed E-state index contributed by atoms with van der Waals surface area (Å²) in [6, 6.07) is 0. The molecule has 0 saturated carbocycles. The Hall–Kier alpha value is 0.596. The van der Waals surface area contributed by atoms with Crippen molar-refractivity contribution in [1.82, 2.24) is 0 Å². The maximum Gasteiger partial charge on any atom is 0.503 e. The molecule has 0 aliphatic heterocycles. The lowest BCUT2D eigenvalue weighted by Crippen LogP contribution is -2.15. The molecule has 0 heterocycles. The van der Waals surface area contributed by atoms with Crippen molar-refractivity contribution in [2.75, 3.05) is 6.61 Å². The number of phosphoric acid groups is 1. The molecule has 1 unspecified atom stereocenters. The van der Waals surface area contributed by atoms with Crippen LogP contribution >= 0.6 is 7.82 Å². The molecule has 10 heteroatoms. The summed E-state index contributed by atoms with van der Waals surface area (Å²) < 4.78 is 59.6. The van der Waals surface area contributed by atoms with Crippen LogP contribution in [-0.2, 0) is 13.8 Å². The van der Waals surface area contributed by atoms with Gasteiger partial charge in [0.05, 0.1) is 0 Å². The van der Waals surface area contributed by atoms with Crippen LogP contribution in [0.25, 0.3) is 0 Å². The van der Waals surface area contributed by atoms with Gasteiger partial charge in [0, 0.05) is 0 Å². The first-order valence-corrected chi connectivity index (χ1v) is 3.61. The van der Waals surface area contributed by atoms with Crippen LogP contribution in [0.15, 0.2) is 0 Å². The van der Waals surface area contributed by atoms with Crippen molar-refractivity contribution in [3.63, 3.8) is 0 Å². The van der Waals surface area contributed by atoms with Crippen LogP contribution in [0.4, 0.5) is 17.7 Å². The Kier molecular flexibility index (Phi) is 6.73. The molecule has 72 valence electrons. The van der Waals surface area contributed by atoms with E-state index >= 15 is 0 Å². The zero-order chi connectivity index (χ0) is 9.12. The fourth-order valence-electron chi connectivity index (χ4n) is 0.175. The third-order valence-electron chi connectivity index (χ3n) is 0.479. The molecule has 1 atom stereocenters. The Balaban J connectivity index is 0. The SMILES string of the molecule is O=P(O)(OF)OCC(F)(F)F.[MgH2]. The number of alkyl halides is 3. The van der Waals surface area contributed by atoms with E-state index in [1.165, 1.54) is 0 Å². The zero-order valence-corrected chi connectivity index (χ0v) is 5.73. The lowest BCUT2D eigenvalue weighted by molar-refractivity contribution is -0.163. The van der Waals surface area contributed by atoms with E-state index in [0.29, 0.717) is 0 Å². The minimum absolute atomic E-state index is 0. The Morgan fingerprint density at radius 2 is 1.83 bits per heavy atom. The largest absolute Gasteiger partial charge is 0.503 e. The fraction of sp³-hybridized carbons (Fsp3) is 1.00. The Bertz CT molecular complexity index is 171. The second-order valence-electron chi connectivity index (χ2n) is 1.43. The molecular weight excluding hydrogens is 219 g/mol. The minimum atomic E-state index is -5.16. The number of hydrogen-bond acceptors (Lipinski definition) is 3. The molecule has 0 aromatic carbocycles. The van der Waals surface area contributed by atoms with Crippen LogP contribution in [0.1, 0.15) is 0 Å². The second-order valence-corrected chi connectivity index (χ2v) is 2.76. The van der Waals surface area contributed by atoms with Crippen molar-refractivity contribution in [2.24, 2.45) is 0 Å². The quantitative estimate of drug-likeness (QED) is 0.434. The Morgan fingerprint density at radius 1 is 1.42 bits per heavy atom. The average Bonchev–Trinajstić information content (AvgIpc) is 1.83. The highest BCUT2D eigenvalue weighted by atomic mass is 31.2. The van der Waals surface area contributed by atoms with Crippen LogP contribution in [0.5, 0.6) is 0 Å². The van der Waals surface area contributed by atoms with Gasteiger partial charge in [0.1, 0.15) is 0 Å². The molecule has 0 saturated heterocycles.